The van der Waals surface area contributed by atoms with E-state index >= 15 is 0 Å². The molecule has 1 aliphatic heterocycles. The molecule has 0 radical (unpaired) electrons. The number of halogens is 3. The van der Waals surface area contributed by atoms with Crippen molar-refractivity contribution in [2.24, 2.45) is 0 Å². The third-order valence-electron chi connectivity index (χ3n) is 8.64. The maximum absolute atomic E-state index is 13.9. The van der Waals surface area contributed by atoms with Crippen molar-refractivity contribution in [2.75, 3.05) is 39.8 Å². The monoisotopic (exact) mass is 624 g/mol. The number of hydrogen-bond donors (Lipinski definition) is 2. The summed E-state index contributed by atoms with van der Waals surface area (Å²) in [6.07, 6.45) is -2.27. The lowest BCUT2D eigenvalue weighted by Gasteiger charge is -2.39. The van der Waals surface area contributed by atoms with Gasteiger partial charge in [0.2, 0.25) is 0 Å². The first-order valence-corrected chi connectivity index (χ1v) is 14.9. The van der Waals surface area contributed by atoms with E-state index in [1.54, 1.807) is 13.0 Å². The van der Waals surface area contributed by atoms with E-state index in [0.29, 0.717) is 48.7 Å². The number of alkyl halides is 3. The predicted molar refractivity (Wildman–Crippen MR) is 167 cm³/mol. The standard InChI is InChI=1S/C33H39F3N6O3/c1-19-7-8-24(22(4)38-19)25-9-10-42-28(25)16-26(31(43)37-17-27-29(45-6)15-20(2)39-32(27)44)21(3)30(42)23(5)41-13-11-40(12-14-41)18-33(34,35)36/h7-10,15-16,23H,11-14,17-18H2,1-6H3,(H,37,43)(H,39,44). The summed E-state index contributed by atoms with van der Waals surface area (Å²) in [5, 5.41) is 2.91. The Morgan fingerprint density at radius 1 is 1.07 bits per heavy atom. The molecule has 5 rings (SSSR count). The molecule has 240 valence electrons. The Morgan fingerprint density at radius 2 is 1.78 bits per heavy atom. The molecule has 2 N–H and O–H groups in total. The van der Waals surface area contributed by atoms with Gasteiger partial charge in [-0.15, -0.1) is 0 Å². The summed E-state index contributed by atoms with van der Waals surface area (Å²) < 4.78 is 46.6. The van der Waals surface area contributed by atoms with E-state index in [9.17, 15) is 22.8 Å². The van der Waals surface area contributed by atoms with E-state index in [4.69, 9.17) is 4.74 Å². The van der Waals surface area contributed by atoms with E-state index in [0.717, 1.165) is 39.3 Å². The highest BCUT2D eigenvalue weighted by Gasteiger charge is 2.34. The van der Waals surface area contributed by atoms with Gasteiger partial charge in [0.05, 0.1) is 31.3 Å². The van der Waals surface area contributed by atoms with Crippen molar-refractivity contribution < 1.29 is 22.7 Å². The number of aromatic nitrogens is 3. The fourth-order valence-corrected chi connectivity index (χ4v) is 6.35. The van der Waals surface area contributed by atoms with Gasteiger partial charge in [-0.25, -0.2) is 0 Å². The quantitative estimate of drug-likeness (QED) is 0.283. The first-order chi connectivity index (χ1) is 21.3. The maximum Gasteiger partial charge on any atom is 0.401 e. The smallest absolute Gasteiger partial charge is 0.401 e. The first-order valence-electron chi connectivity index (χ1n) is 14.9. The molecule has 5 heterocycles. The number of rotatable bonds is 8. The van der Waals surface area contributed by atoms with Crippen LogP contribution in [-0.2, 0) is 6.54 Å². The topological polar surface area (TPSA) is 95.0 Å². The Hall–Kier alpha value is -4.16. The second-order valence-corrected chi connectivity index (χ2v) is 11.8. The fraction of sp³-hybridized carbons (Fsp3) is 0.424. The molecular weight excluding hydrogens is 585 g/mol. The van der Waals surface area contributed by atoms with Crippen molar-refractivity contribution in [2.45, 2.75) is 53.4 Å². The minimum atomic E-state index is -4.24. The summed E-state index contributed by atoms with van der Waals surface area (Å²) in [5.74, 6) is 0.0327. The summed E-state index contributed by atoms with van der Waals surface area (Å²) in [6.45, 7) is 10.1. The number of carbonyl (C=O) groups excluding carboxylic acids is 1. The van der Waals surface area contributed by atoms with Gasteiger partial charge in [-0.3, -0.25) is 24.4 Å². The van der Waals surface area contributed by atoms with Gasteiger partial charge in [-0.05, 0) is 64.4 Å². The average Bonchev–Trinajstić information content (AvgIpc) is 3.38. The molecule has 1 aliphatic rings. The van der Waals surface area contributed by atoms with E-state index in [1.807, 2.05) is 58.2 Å². The molecule has 4 aromatic rings. The molecule has 1 saturated heterocycles. The molecule has 4 aromatic heterocycles. The third kappa shape index (κ3) is 6.76. The predicted octanol–water partition coefficient (Wildman–Crippen LogP) is 5.10. The zero-order chi connectivity index (χ0) is 32.6. The molecule has 9 nitrogen and oxygen atoms in total. The number of piperazine rings is 1. The fourth-order valence-electron chi connectivity index (χ4n) is 6.35. The van der Waals surface area contributed by atoms with Crippen LogP contribution in [0.3, 0.4) is 0 Å². The van der Waals surface area contributed by atoms with Gasteiger partial charge in [0.15, 0.2) is 0 Å². The lowest BCUT2D eigenvalue weighted by atomic mass is 9.98. The Balaban J connectivity index is 1.55. The van der Waals surface area contributed by atoms with Crippen LogP contribution in [0.4, 0.5) is 13.2 Å². The number of H-pyrrole nitrogens is 1. The average molecular weight is 625 g/mol. The van der Waals surface area contributed by atoms with Crippen molar-refractivity contribution in [3.63, 3.8) is 0 Å². The molecule has 12 heteroatoms. The number of pyridine rings is 3. The van der Waals surface area contributed by atoms with Crippen LogP contribution in [0.1, 0.15) is 57.2 Å². The van der Waals surface area contributed by atoms with Crippen LogP contribution in [0, 0.1) is 27.7 Å². The van der Waals surface area contributed by atoms with Gasteiger partial charge in [-0.1, -0.05) is 6.07 Å². The van der Waals surface area contributed by atoms with Gasteiger partial charge in [0.1, 0.15) is 5.75 Å². The third-order valence-corrected chi connectivity index (χ3v) is 8.64. The molecular formula is C33H39F3N6O3. The van der Waals surface area contributed by atoms with Crippen LogP contribution in [-0.4, -0.2) is 76.1 Å². The van der Waals surface area contributed by atoms with Crippen LogP contribution in [0.2, 0.25) is 0 Å². The van der Waals surface area contributed by atoms with Crippen LogP contribution >= 0.6 is 0 Å². The maximum atomic E-state index is 13.9. The molecule has 1 atom stereocenters. The van der Waals surface area contributed by atoms with Crippen LogP contribution in [0.15, 0.2) is 41.3 Å². The first kappa shape index (κ1) is 32.2. The second-order valence-electron chi connectivity index (χ2n) is 11.8. The Kier molecular flexibility index (Phi) is 9.09. The summed E-state index contributed by atoms with van der Waals surface area (Å²) >= 11 is 0. The van der Waals surface area contributed by atoms with E-state index in [1.165, 1.54) is 12.0 Å². The number of ether oxygens (including phenoxy) is 1. The van der Waals surface area contributed by atoms with E-state index in [-0.39, 0.29) is 24.1 Å². The SMILES string of the molecule is COc1cc(C)[nH]c(=O)c1CNC(=O)c1cc2c(-c3ccc(C)nc3C)ccn2c(C(C)N2CCN(CC(F)(F)F)CC2)c1C. The van der Waals surface area contributed by atoms with Gasteiger partial charge in [0, 0.05) is 77.9 Å². The van der Waals surface area contributed by atoms with Crippen molar-refractivity contribution in [3.05, 3.63) is 86.3 Å². The summed E-state index contributed by atoms with van der Waals surface area (Å²) in [7, 11) is 1.48. The Bertz CT molecular complexity index is 1790. The molecule has 0 aromatic carbocycles. The van der Waals surface area contributed by atoms with Crippen LogP contribution in [0.5, 0.6) is 5.75 Å². The van der Waals surface area contributed by atoms with E-state index in [2.05, 4.69) is 24.6 Å². The number of aryl methyl sites for hydroxylation is 3. The lowest BCUT2D eigenvalue weighted by Crippen LogP contribution is -2.49. The highest BCUT2D eigenvalue weighted by molar-refractivity contribution is 5.98. The highest BCUT2D eigenvalue weighted by Crippen LogP contribution is 2.35. The molecule has 0 bridgehead atoms. The van der Waals surface area contributed by atoms with E-state index < -0.39 is 12.7 Å². The second kappa shape index (κ2) is 12.7. The number of fused-ring (bicyclic) bond motifs is 1. The lowest BCUT2D eigenvalue weighted by molar-refractivity contribution is -0.149. The summed E-state index contributed by atoms with van der Waals surface area (Å²) in [6, 6.07) is 9.33. The van der Waals surface area contributed by atoms with Gasteiger partial charge >= 0.3 is 6.18 Å². The largest absolute Gasteiger partial charge is 0.496 e. The Morgan fingerprint density at radius 3 is 2.42 bits per heavy atom. The molecule has 0 saturated carbocycles. The molecule has 1 fully saturated rings. The zero-order valence-electron chi connectivity index (χ0n) is 26.4. The number of nitrogens with zero attached hydrogens (tertiary/aromatic N) is 4. The van der Waals surface area contributed by atoms with Crippen molar-refractivity contribution in [1.29, 1.82) is 0 Å². The van der Waals surface area contributed by atoms with Crippen LogP contribution in [0.25, 0.3) is 16.6 Å². The van der Waals surface area contributed by atoms with Gasteiger partial charge in [-0.2, -0.15) is 13.2 Å². The number of hydrogen-bond acceptors (Lipinski definition) is 6. The Labute approximate surface area is 260 Å². The van der Waals surface area contributed by atoms with Crippen LogP contribution < -0.4 is 15.6 Å². The number of aromatic amines is 1. The van der Waals surface area contributed by atoms with Crippen molar-refractivity contribution in [1.82, 2.24) is 29.5 Å². The van der Waals surface area contributed by atoms with Crippen molar-refractivity contribution in [3.8, 4) is 16.9 Å². The minimum Gasteiger partial charge on any atom is -0.496 e. The highest BCUT2D eigenvalue weighted by atomic mass is 19.4. The number of carbonyl (C=O) groups is 1. The van der Waals surface area contributed by atoms with Crippen molar-refractivity contribution >= 4 is 11.4 Å². The molecule has 45 heavy (non-hydrogen) atoms. The molecule has 0 spiro atoms. The minimum absolute atomic E-state index is 0.0385. The zero-order valence-corrected chi connectivity index (χ0v) is 26.4. The molecule has 0 aliphatic carbocycles. The number of methoxy groups -OCH3 is 1. The summed E-state index contributed by atoms with van der Waals surface area (Å²) in [5.41, 5.74) is 7.10. The molecule has 1 unspecified atom stereocenters. The number of amides is 1. The summed E-state index contributed by atoms with van der Waals surface area (Å²) in [4.78, 5) is 37.5. The number of nitrogens with one attached hydrogen (secondary N) is 2. The molecule has 1 amide bonds. The van der Waals surface area contributed by atoms with Gasteiger partial charge in [0.25, 0.3) is 11.5 Å². The normalized spacial score (nSPS) is 15.4. The van der Waals surface area contributed by atoms with Gasteiger partial charge < -0.3 is 19.4 Å².